The lowest BCUT2D eigenvalue weighted by Gasteiger charge is -2.21. The zero-order chi connectivity index (χ0) is 10.1. The molecule has 0 radical (unpaired) electrons. The summed E-state index contributed by atoms with van der Waals surface area (Å²) in [5.41, 5.74) is 6.78. The summed E-state index contributed by atoms with van der Waals surface area (Å²) in [6, 6.07) is 5.01. The first-order valence-corrected chi connectivity index (χ1v) is 4.10. The molecule has 0 amide bonds. The molecule has 1 unspecified atom stereocenters. The van der Waals surface area contributed by atoms with Gasteiger partial charge in [0.2, 0.25) is 0 Å². The van der Waals surface area contributed by atoms with Crippen molar-refractivity contribution in [1.29, 1.82) is 0 Å². The summed E-state index contributed by atoms with van der Waals surface area (Å²) in [5, 5.41) is 13.4. The van der Waals surface area contributed by atoms with Gasteiger partial charge in [0.15, 0.2) is 5.75 Å². The smallest absolute Gasteiger partial charge is 0.371 e. The fraction of sp³-hybridized carbons (Fsp3) is 0.250. The van der Waals surface area contributed by atoms with E-state index in [2.05, 4.69) is 5.32 Å². The average Bonchev–Trinajstić information content (AvgIpc) is 2.16. The number of anilines is 2. The third kappa shape index (κ3) is 1.41. The number of nitrogens with two attached hydrogens (primary N) is 1. The second-order valence-corrected chi connectivity index (χ2v) is 2.99. The van der Waals surface area contributed by atoms with Crippen molar-refractivity contribution in [1.82, 2.24) is 0 Å². The molecule has 0 saturated heterocycles. The fourth-order valence-corrected chi connectivity index (χ4v) is 1.29. The molecule has 1 aromatic rings. The molecule has 0 aromatic heterocycles. The summed E-state index contributed by atoms with van der Waals surface area (Å²) >= 11 is 0. The van der Waals surface area contributed by atoms with E-state index in [1.165, 1.54) is 0 Å². The first-order chi connectivity index (χ1) is 6.66. The van der Waals surface area contributed by atoms with Crippen molar-refractivity contribution in [2.75, 3.05) is 17.6 Å². The Morgan fingerprint density at radius 3 is 3.14 bits per heavy atom. The SMILES string of the molecule is Nc1ccc2c(c1)OC([N+](=O)[O-])CN2. The van der Waals surface area contributed by atoms with Gasteiger partial charge in [-0.05, 0) is 12.1 Å². The monoisotopic (exact) mass is 195 g/mol. The highest BCUT2D eigenvalue weighted by Gasteiger charge is 2.27. The van der Waals surface area contributed by atoms with Crippen LogP contribution in [0.25, 0.3) is 0 Å². The summed E-state index contributed by atoms with van der Waals surface area (Å²) in [5.74, 6) is 0.429. The van der Waals surface area contributed by atoms with Crippen molar-refractivity contribution in [3.63, 3.8) is 0 Å². The maximum absolute atomic E-state index is 10.5. The molecule has 1 aliphatic heterocycles. The van der Waals surface area contributed by atoms with Gasteiger partial charge >= 0.3 is 6.23 Å². The Labute approximate surface area is 79.8 Å². The van der Waals surface area contributed by atoms with Gasteiger partial charge in [-0.3, -0.25) is 10.1 Å². The van der Waals surface area contributed by atoms with Gasteiger partial charge < -0.3 is 15.8 Å². The molecule has 6 nitrogen and oxygen atoms in total. The molecule has 1 aromatic carbocycles. The number of hydrogen-bond acceptors (Lipinski definition) is 5. The lowest BCUT2D eigenvalue weighted by atomic mass is 10.2. The number of nitrogens with one attached hydrogen (secondary N) is 1. The minimum Gasteiger partial charge on any atom is -0.426 e. The average molecular weight is 195 g/mol. The maximum atomic E-state index is 10.5. The van der Waals surface area contributed by atoms with E-state index in [1.54, 1.807) is 18.2 Å². The van der Waals surface area contributed by atoms with E-state index in [-0.39, 0.29) is 6.54 Å². The van der Waals surface area contributed by atoms with Gasteiger partial charge in [-0.1, -0.05) is 0 Å². The first kappa shape index (κ1) is 8.61. The predicted molar refractivity (Wildman–Crippen MR) is 50.8 cm³/mol. The van der Waals surface area contributed by atoms with E-state index in [4.69, 9.17) is 10.5 Å². The number of hydrogen-bond donors (Lipinski definition) is 2. The largest absolute Gasteiger partial charge is 0.426 e. The number of nitrogen functional groups attached to an aromatic ring is 1. The number of benzene rings is 1. The Bertz CT molecular complexity index is 380. The van der Waals surface area contributed by atoms with E-state index in [0.29, 0.717) is 11.4 Å². The van der Waals surface area contributed by atoms with Crippen LogP contribution in [-0.4, -0.2) is 17.7 Å². The van der Waals surface area contributed by atoms with Crippen molar-refractivity contribution in [2.24, 2.45) is 0 Å². The van der Waals surface area contributed by atoms with Gasteiger partial charge in [0.05, 0.1) is 10.6 Å². The summed E-state index contributed by atoms with van der Waals surface area (Å²) in [6.45, 7) is 0.171. The minimum absolute atomic E-state index is 0.171. The Morgan fingerprint density at radius 2 is 2.43 bits per heavy atom. The highest BCUT2D eigenvalue weighted by molar-refractivity contribution is 5.63. The van der Waals surface area contributed by atoms with E-state index in [0.717, 1.165) is 5.69 Å². The summed E-state index contributed by atoms with van der Waals surface area (Å²) in [6.07, 6.45) is -1.04. The van der Waals surface area contributed by atoms with Crippen molar-refractivity contribution < 1.29 is 9.66 Å². The van der Waals surface area contributed by atoms with Crippen LogP contribution in [-0.2, 0) is 0 Å². The van der Waals surface area contributed by atoms with Crippen molar-refractivity contribution in [3.8, 4) is 5.75 Å². The van der Waals surface area contributed by atoms with Crippen LogP contribution in [0.3, 0.4) is 0 Å². The van der Waals surface area contributed by atoms with E-state index in [9.17, 15) is 10.1 Å². The third-order valence-corrected chi connectivity index (χ3v) is 1.97. The van der Waals surface area contributed by atoms with Gasteiger partial charge in [-0.25, -0.2) is 0 Å². The predicted octanol–water partition coefficient (Wildman–Crippen LogP) is 0.676. The van der Waals surface area contributed by atoms with Gasteiger partial charge in [-0.2, -0.15) is 0 Å². The zero-order valence-electron chi connectivity index (χ0n) is 7.27. The molecule has 74 valence electrons. The van der Waals surface area contributed by atoms with E-state index >= 15 is 0 Å². The standard InChI is InChI=1S/C8H9N3O3/c9-5-1-2-6-7(3-5)14-8(4-10-6)11(12)13/h1-3,8,10H,4,9H2. The molecule has 3 N–H and O–H groups in total. The Hall–Kier alpha value is -1.98. The Balaban J connectivity index is 2.29. The lowest BCUT2D eigenvalue weighted by Crippen LogP contribution is -2.37. The fourth-order valence-electron chi connectivity index (χ4n) is 1.29. The number of nitro groups is 1. The maximum Gasteiger partial charge on any atom is 0.371 e. The van der Waals surface area contributed by atoms with E-state index in [1.807, 2.05) is 0 Å². The van der Waals surface area contributed by atoms with E-state index < -0.39 is 11.2 Å². The second kappa shape index (κ2) is 3.06. The molecule has 1 aliphatic rings. The molecule has 0 saturated carbocycles. The molecule has 0 spiro atoms. The highest BCUT2D eigenvalue weighted by atomic mass is 16.7. The van der Waals surface area contributed by atoms with Crippen LogP contribution < -0.4 is 15.8 Å². The normalized spacial score (nSPS) is 19.0. The Morgan fingerprint density at radius 1 is 1.64 bits per heavy atom. The second-order valence-electron chi connectivity index (χ2n) is 2.99. The highest BCUT2D eigenvalue weighted by Crippen LogP contribution is 2.30. The van der Waals surface area contributed by atoms with Crippen molar-refractivity contribution in [3.05, 3.63) is 28.3 Å². The van der Waals surface area contributed by atoms with Gasteiger partial charge in [0.1, 0.15) is 6.54 Å². The van der Waals surface area contributed by atoms with Crippen LogP contribution >= 0.6 is 0 Å². The molecule has 6 heteroatoms. The molecule has 0 bridgehead atoms. The molecule has 14 heavy (non-hydrogen) atoms. The lowest BCUT2D eigenvalue weighted by molar-refractivity contribution is -0.559. The number of ether oxygens (including phenoxy) is 1. The topological polar surface area (TPSA) is 90.4 Å². The van der Waals surface area contributed by atoms with Crippen LogP contribution in [0.5, 0.6) is 5.75 Å². The summed E-state index contributed by atoms with van der Waals surface area (Å²) in [4.78, 5) is 9.99. The van der Waals surface area contributed by atoms with Crippen LogP contribution in [0.1, 0.15) is 0 Å². The molecule has 1 heterocycles. The molecule has 1 atom stereocenters. The van der Waals surface area contributed by atoms with Crippen molar-refractivity contribution >= 4 is 11.4 Å². The number of fused-ring (bicyclic) bond motifs is 1. The quantitative estimate of drug-likeness (QED) is 0.390. The van der Waals surface area contributed by atoms with Gasteiger partial charge in [0, 0.05) is 11.8 Å². The molecular weight excluding hydrogens is 186 g/mol. The first-order valence-electron chi connectivity index (χ1n) is 4.10. The number of rotatable bonds is 1. The molecule has 2 rings (SSSR count). The van der Waals surface area contributed by atoms with Crippen LogP contribution in [0, 0.1) is 10.1 Å². The molecule has 0 fully saturated rings. The van der Waals surface area contributed by atoms with Crippen LogP contribution in [0.4, 0.5) is 11.4 Å². The van der Waals surface area contributed by atoms with Crippen molar-refractivity contribution in [2.45, 2.75) is 6.23 Å². The zero-order valence-corrected chi connectivity index (χ0v) is 7.27. The molecule has 0 aliphatic carbocycles. The summed E-state index contributed by atoms with van der Waals surface area (Å²) < 4.78 is 5.13. The third-order valence-electron chi connectivity index (χ3n) is 1.97. The summed E-state index contributed by atoms with van der Waals surface area (Å²) in [7, 11) is 0. The van der Waals surface area contributed by atoms with Gasteiger partial charge in [0.25, 0.3) is 0 Å². The Kier molecular flexibility index (Phi) is 1.88. The number of nitrogens with zero attached hydrogens (tertiary/aromatic N) is 1. The van der Waals surface area contributed by atoms with Gasteiger partial charge in [-0.15, -0.1) is 0 Å². The minimum atomic E-state index is -1.04. The van der Waals surface area contributed by atoms with Crippen LogP contribution in [0.15, 0.2) is 18.2 Å². The van der Waals surface area contributed by atoms with Crippen LogP contribution in [0.2, 0.25) is 0 Å². The molecular formula is C8H9N3O3.